The molecule has 12 nitrogen and oxygen atoms in total. The lowest BCUT2D eigenvalue weighted by atomic mass is 10.0. The Kier molecular flexibility index (Phi) is 7.48. The van der Waals surface area contributed by atoms with Gasteiger partial charge in [0.25, 0.3) is 0 Å². The van der Waals surface area contributed by atoms with Crippen LogP contribution in [0, 0.1) is 23.7 Å². The first kappa shape index (κ1) is 34.9. The molecule has 3 aromatic carbocycles. The summed E-state index contributed by atoms with van der Waals surface area (Å²) in [6.45, 7) is 15.8. The van der Waals surface area contributed by atoms with E-state index in [9.17, 15) is 9.59 Å². The molecule has 2 aliphatic heterocycles. The Labute approximate surface area is 325 Å². The molecule has 2 saturated heterocycles. The maximum absolute atomic E-state index is 13.3. The number of aromatic amines is 2. The van der Waals surface area contributed by atoms with Gasteiger partial charge in [0.2, 0.25) is 0 Å². The van der Waals surface area contributed by atoms with Crippen molar-refractivity contribution in [3.63, 3.8) is 0 Å². The Morgan fingerprint density at radius 1 is 0.625 bits per heavy atom. The van der Waals surface area contributed by atoms with E-state index in [4.69, 9.17) is 29.4 Å². The van der Waals surface area contributed by atoms with E-state index < -0.39 is 11.2 Å². The fraction of sp³-hybridized carbons (Fsp3) is 0.455. The number of fused-ring (bicyclic) bond motifs is 5. The monoisotopic (exact) mass is 752 g/mol. The molecule has 0 radical (unpaired) electrons. The first-order valence-corrected chi connectivity index (χ1v) is 19.9. The van der Waals surface area contributed by atoms with Gasteiger partial charge in [-0.2, -0.15) is 0 Å². The molecular weight excluding hydrogens is 705 g/mol. The van der Waals surface area contributed by atoms with Crippen molar-refractivity contribution < 1.29 is 19.1 Å². The van der Waals surface area contributed by atoms with Crippen LogP contribution >= 0.6 is 0 Å². The third-order valence-electron chi connectivity index (χ3n) is 12.3. The average Bonchev–Trinajstić information content (AvgIpc) is 3.61. The van der Waals surface area contributed by atoms with Crippen LogP contribution in [0.1, 0.15) is 92.0 Å². The summed E-state index contributed by atoms with van der Waals surface area (Å²) in [5.74, 6) is 3.49. The second-order valence-corrected chi connectivity index (χ2v) is 18.5. The molecule has 0 bridgehead atoms. The highest BCUT2D eigenvalue weighted by Gasteiger charge is 2.62. The second-order valence-electron chi connectivity index (χ2n) is 18.5. The van der Waals surface area contributed by atoms with E-state index in [2.05, 4.69) is 54.1 Å². The highest BCUT2D eigenvalue weighted by atomic mass is 16.6. The number of carbonyl (C=O) groups excluding carboxylic acids is 2. The van der Waals surface area contributed by atoms with Crippen molar-refractivity contribution in [2.24, 2.45) is 23.7 Å². The normalized spacial score (nSPS) is 26.9. The number of nitrogens with zero attached hydrogens (tertiary/aromatic N) is 6. The number of likely N-dealkylation sites (tertiary alicyclic amines) is 2. The molecule has 6 aromatic rings. The summed E-state index contributed by atoms with van der Waals surface area (Å²) in [4.78, 5) is 57.2. The average molecular weight is 753 g/mol. The SMILES string of the molecule is C[C@@H]1[C@@H]2C[C@@H](c3nc4ccc(-c5cnc6cc(-c7ccc8nc([C@@H]9C[C@@H]%10C([C@@H]%10C)N9C(=O)OC(C)(C)C)[nH]c8c7)ccc6n5)cc4[nH]3)N(C(=O)OC(C)(C)C)[C@H]12. The zero-order valence-corrected chi connectivity index (χ0v) is 33.1. The minimum absolute atomic E-state index is 0.135. The number of H-pyrrole nitrogens is 2. The molecule has 56 heavy (non-hydrogen) atoms. The van der Waals surface area contributed by atoms with Crippen molar-refractivity contribution in [1.82, 2.24) is 39.7 Å². The number of rotatable bonds is 4. The lowest BCUT2D eigenvalue weighted by molar-refractivity contribution is 0.0150. The summed E-state index contributed by atoms with van der Waals surface area (Å²) >= 11 is 0. The largest absolute Gasteiger partial charge is 0.444 e. The molecule has 4 aliphatic rings. The number of hydrogen-bond acceptors (Lipinski definition) is 8. The number of benzene rings is 3. The standard InChI is InChI=1S/C44H48N8O4/c1-21-26-18-35(51(37(21)26)41(53)55-43(3,4)5)39-47-29-13-10-24(16-32(29)49-39)23-9-12-28-31(15-23)45-20-34(46-28)25-11-14-30-33(17-25)50-40(48-30)36-19-27-22(2)38(27)52(36)42(54)56-44(6,7)8/h9-17,20-22,26-27,35-38H,18-19H2,1-8H3,(H,47,49)(H,48,50)/t21-,22-,26+,27+,35+,36+,37?,38-/m1/s1. The van der Waals surface area contributed by atoms with Crippen LogP contribution in [0.25, 0.3) is 55.5 Å². The highest BCUT2D eigenvalue weighted by molar-refractivity contribution is 5.88. The molecule has 2 N–H and O–H groups in total. The Balaban J connectivity index is 0.885. The molecule has 2 amide bonds. The van der Waals surface area contributed by atoms with Gasteiger partial charge in [0.1, 0.15) is 22.9 Å². The number of ether oxygens (including phenoxy) is 2. The van der Waals surface area contributed by atoms with Gasteiger partial charge in [-0.25, -0.2) is 24.5 Å². The summed E-state index contributed by atoms with van der Waals surface area (Å²) in [5, 5.41) is 0. The van der Waals surface area contributed by atoms with Gasteiger partial charge in [-0.05, 0) is 126 Å². The third-order valence-corrected chi connectivity index (χ3v) is 12.3. The lowest BCUT2D eigenvalue weighted by Crippen LogP contribution is -2.39. The smallest absolute Gasteiger partial charge is 0.411 e. The predicted octanol–water partition coefficient (Wildman–Crippen LogP) is 9.35. The second kappa shape index (κ2) is 12.0. The van der Waals surface area contributed by atoms with E-state index in [0.29, 0.717) is 23.7 Å². The van der Waals surface area contributed by atoms with Gasteiger partial charge in [0.05, 0.1) is 57.1 Å². The molecule has 0 spiro atoms. The van der Waals surface area contributed by atoms with E-state index >= 15 is 0 Å². The quantitative estimate of drug-likeness (QED) is 0.181. The number of nitrogens with one attached hydrogen (secondary N) is 2. The molecule has 4 fully saturated rings. The van der Waals surface area contributed by atoms with Gasteiger partial charge in [0, 0.05) is 17.6 Å². The Morgan fingerprint density at radius 2 is 1.09 bits per heavy atom. The van der Waals surface area contributed by atoms with Crippen LogP contribution in [0.2, 0.25) is 0 Å². The predicted molar refractivity (Wildman–Crippen MR) is 213 cm³/mol. The van der Waals surface area contributed by atoms with E-state index in [0.717, 1.165) is 80.0 Å². The van der Waals surface area contributed by atoms with Gasteiger partial charge in [-0.1, -0.05) is 32.0 Å². The Bertz CT molecular complexity index is 2400. The molecule has 5 heterocycles. The highest BCUT2D eigenvalue weighted by Crippen LogP contribution is 2.59. The molecule has 2 saturated carbocycles. The van der Waals surface area contributed by atoms with Crippen molar-refractivity contribution in [3.8, 4) is 22.4 Å². The number of imidazole rings is 2. The summed E-state index contributed by atoms with van der Waals surface area (Å²) in [7, 11) is 0. The van der Waals surface area contributed by atoms with Gasteiger partial charge >= 0.3 is 12.2 Å². The fourth-order valence-electron chi connectivity index (χ4n) is 9.49. The minimum Gasteiger partial charge on any atom is -0.444 e. The summed E-state index contributed by atoms with van der Waals surface area (Å²) < 4.78 is 11.6. The summed E-state index contributed by atoms with van der Waals surface area (Å²) in [6.07, 6.45) is 3.03. The number of carbonyl (C=O) groups is 2. The first-order valence-electron chi connectivity index (χ1n) is 19.9. The molecule has 8 atom stereocenters. The van der Waals surface area contributed by atoms with E-state index in [1.165, 1.54) is 0 Å². The maximum atomic E-state index is 13.3. The molecule has 1 unspecified atom stereocenters. The molecule has 2 aliphatic carbocycles. The van der Waals surface area contributed by atoms with Crippen molar-refractivity contribution in [3.05, 3.63) is 72.4 Å². The molecule has 10 rings (SSSR count). The van der Waals surface area contributed by atoms with Crippen LogP contribution in [0.4, 0.5) is 9.59 Å². The molecular formula is C44H48N8O4. The summed E-state index contributed by atoms with van der Waals surface area (Å²) in [5.41, 5.74) is 7.74. The van der Waals surface area contributed by atoms with Crippen LogP contribution in [0.15, 0.2) is 60.8 Å². The number of amides is 2. The van der Waals surface area contributed by atoms with Crippen LogP contribution in [0.5, 0.6) is 0 Å². The molecule has 288 valence electrons. The van der Waals surface area contributed by atoms with Crippen molar-refractivity contribution in [2.75, 3.05) is 0 Å². The first-order chi connectivity index (χ1) is 26.6. The van der Waals surface area contributed by atoms with E-state index in [-0.39, 0.29) is 36.4 Å². The lowest BCUT2D eigenvalue weighted by Gasteiger charge is -2.30. The Morgan fingerprint density at radius 3 is 1.61 bits per heavy atom. The topological polar surface area (TPSA) is 142 Å². The zero-order chi connectivity index (χ0) is 39.0. The number of hydrogen-bond donors (Lipinski definition) is 2. The van der Waals surface area contributed by atoms with Crippen molar-refractivity contribution >= 4 is 45.3 Å². The van der Waals surface area contributed by atoms with Gasteiger partial charge in [0.15, 0.2) is 0 Å². The number of aromatic nitrogens is 6. The van der Waals surface area contributed by atoms with Crippen LogP contribution in [-0.4, -0.2) is 75.2 Å². The van der Waals surface area contributed by atoms with Gasteiger partial charge < -0.3 is 19.4 Å². The minimum atomic E-state index is -0.564. The van der Waals surface area contributed by atoms with E-state index in [1.54, 1.807) is 0 Å². The van der Waals surface area contributed by atoms with Gasteiger partial charge in [-0.3, -0.25) is 14.8 Å². The zero-order valence-electron chi connectivity index (χ0n) is 33.1. The molecule has 3 aromatic heterocycles. The van der Waals surface area contributed by atoms with Crippen molar-refractivity contribution in [2.45, 2.75) is 104 Å². The van der Waals surface area contributed by atoms with E-state index in [1.807, 2.05) is 81.8 Å². The van der Waals surface area contributed by atoms with Crippen LogP contribution in [-0.2, 0) is 9.47 Å². The van der Waals surface area contributed by atoms with Crippen LogP contribution in [0.3, 0.4) is 0 Å². The fourth-order valence-corrected chi connectivity index (χ4v) is 9.49. The van der Waals surface area contributed by atoms with Crippen LogP contribution < -0.4 is 0 Å². The maximum Gasteiger partial charge on any atom is 0.411 e. The Hall–Kier alpha value is -5.52. The van der Waals surface area contributed by atoms with Crippen molar-refractivity contribution in [1.29, 1.82) is 0 Å². The third kappa shape index (κ3) is 5.87. The summed E-state index contributed by atoms with van der Waals surface area (Å²) in [6, 6.07) is 18.6. The number of piperidine rings is 2. The molecule has 12 heteroatoms. The van der Waals surface area contributed by atoms with Gasteiger partial charge in [-0.15, -0.1) is 0 Å².